The molecule has 106 valence electrons. The van der Waals surface area contributed by atoms with Gasteiger partial charge in [0.05, 0.1) is 0 Å². The Labute approximate surface area is 127 Å². The lowest BCUT2D eigenvalue weighted by molar-refractivity contribution is -0.136. The van der Waals surface area contributed by atoms with Gasteiger partial charge in [0, 0.05) is 27.9 Å². The average molecular weight is 336 g/mol. The number of nitrogens with one attached hydrogen (secondary N) is 1. The summed E-state index contributed by atoms with van der Waals surface area (Å²) in [4.78, 5) is 24.4. The van der Waals surface area contributed by atoms with Crippen LogP contribution in [-0.2, 0) is 9.59 Å². The van der Waals surface area contributed by atoms with Crippen LogP contribution in [0.1, 0.15) is 32.1 Å². The Morgan fingerprint density at radius 1 is 1.20 bits per heavy atom. The van der Waals surface area contributed by atoms with Crippen molar-refractivity contribution < 1.29 is 9.59 Å². The molecule has 2 fully saturated rings. The van der Waals surface area contributed by atoms with Crippen LogP contribution in [0.5, 0.6) is 0 Å². The number of ketones is 1. The number of carbonyl (C=O) groups is 2. The van der Waals surface area contributed by atoms with Gasteiger partial charge in [0.2, 0.25) is 5.91 Å². The zero-order valence-corrected chi connectivity index (χ0v) is 12.9. The van der Waals surface area contributed by atoms with Crippen molar-refractivity contribution in [2.75, 3.05) is 5.32 Å². The van der Waals surface area contributed by atoms with Gasteiger partial charge in [-0.25, -0.2) is 0 Å². The van der Waals surface area contributed by atoms with Crippen molar-refractivity contribution in [1.29, 1.82) is 0 Å². The van der Waals surface area contributed by atoms with Crippen LogP contribution in [0.3, 0.4) is 0 Å². The Morgan fingerprint density at radius 3 is 2.55 bits per heavy atom. The third-order valence-corrected chi connectivity index (χ3v) is 5.00. The van der Waals surface area contributed by atoms with Crippen LogP contribution < -0.4 is 5.32 Å². The molecule has 2 saturated carbocycles. The molecule has 1 N–H and O–H groups in total. The smallest absolute Gasteiger partial charge is 0.227 e. The first-order valence-corrected chi connectivity index (χ1v) is 8.03. The van der Waals surface area contributed by atoms with E-state index in [0.29, 0.717) is 5.78 Å². The fraction of sp³-hybridized carbons (Fsp3) is 0.500. The number of halogens is 1. The van der Waals surface area contributed by atoms with Gasteiger partial charge < -0.3 is 5.32 Å². The van der Waals surface area contributed by atoms with Crippen molar-refractivity contribution in [3.05, 3.63) is 28.7 Å². The van der Waals surface area contributed by atoms with E-state index in [1.54, 1.807) is 0 Å². The third-order valence-electron chi connectivity index (χ3n) is 4.51. The molecule has 0 aromatic heterocycles. The number of carbonyl (C=O) groups excluding carboxylic acids is 2. The van der Waals surface area contributed by atoms with E-state index in [4.69, 9.17) is 0 Å². The highest BCUT2D eigenvalue weighted by Crippen LogP contribution is 2.40. The maximum Gasteiger partial charge on any atom is 0.227 e. The monoisotopic (exact) mass is 335 g/mol. The molecule has 2 aliphatic rings. The number of fused-ring (bicyclic) bond motifs is 2. The predicted molar refractivity (Wildman–Crippen MR) is 81.3 cm³/mol. The molecule has 0 radical (unpaired) electrons. The van der Waals surface area contributed by atoms with Gasteiger partial charge in [-0.15, -0.1) is 0 Å². The topological polar surface area (TPSA) is 46.2 Å². The highest BCUT2D eigenvalue weighted by Gasteiger charge is 2.41. The molecular formula is C16H18BrNO2. The Bertz CT molecular complexity index is 527. The minimum atomic E-state index is -0.0121. The van der Waals surface area contributed by atoms with Crippen LogP contribution in [0.2, 0.25) is 0 Å². The molecule has 4 heteroatoms. The molecule has 20 heavy (non-hydrogen) atoms. The molecule has 2 bridgehead atoms. The zero-order valence-electron chi connectivity index (χ0n) is 11.3. The second kappa shape index (κ2) is 5.68. The largest absolute Gasteiger partial charge is 0.326 e. The quantitative estimate of drug-likeness (QED) is 0.893. The summed E-state index contributed by atoms with van der Waals surface area (Å²) in [6.07, 6.45) is 4.54. The number of benzene rings is 1. The fourth-order valence-electron chi connectivity index (χ4n) is 3.50. The number of hydrogen-bond donors (Lipinski definition) is 1. The van der Waals surface area contributed by atoms with Gasteiger partial charge >= 0.3 is 0 Å². The molecule has 0 heterocycles. The standard InChI is InChI=1S/C16H18BrNO2/c17-13-5-2-6-14(9-13)18-16(20)12-7-10-3-1-4-11(8-12)15(10)19/h2,5-6,9-12H,1,3-4,7-8H2,(H,18,20)/t10-,11-/m0/s1. The molecule has 0 aliphatic heterocycles. The van der Waals surface area contributed by atoms with E-state index in [0.717, 1.165) is 42.3 Å². The van der Waals surface area contributed by atoms with Crippen LogP contribution in [0.4, 0.5) is 5.69 Å². The Hall–Kier alpha value is -1.16. The maximum absolute atomic E-state index is 12.4. The molecular weight excluding hydrogens is 318 g/mol. The summed E-state index contributed by atoms with van der Waals surface area (Å²) in [6.45, 7) is 0. The normalized spacial score (nSPS) is 29.1. The zero-order chi connectivity index (χ0) is 14.1. The minimum Gasteiger partial charge on any atom is -0.326 e. The van der Waals surface area contributed by atoms with Crippen molar-refractivity contribution in [2.45, 2.75) is 32.1 Å². The molecule has 2 atom stereocenters. The fourth-order valence-corrected chi connectivity index (χ4v) is 3.90. The van der Waals surface area contributed by atoms with Crippen molar-refractivity contribution >= 4 is 33.3 Å². The first-order valence-electron chi connectivity index (χ1n) is 7.23. The Balaban J connectivity index is 1.67. The van der Waals surface area contributed by atoms with Gasteiger partial charge in [-0.3, -0.25) is 9.59 Å². The molecule has 1 amide bonds. The molecule has 3 rings (SSSR count). The number of anilines is 1. The summed E-state index contributed by atoms with van der Waals surface area (Å²) in [5.74, 6) is 0.707. The van der Waals surface area contributed by atoms with E-state index < -0.39 is 0 Å². The third kappa shape index (κ3) is 2.80. The lowest BCUT2D eigenvalue weighted by Crippen LogP contribution is -2.40. The summed E-state index contributed by atoms with van der Waals surface area (Å²) in [6, 6.07) is 7.61. The Kier molecular flexibility index (Phi) is 3.92. The van der Waals surface area contributed by atoms with E-state index in [-0.39, 0.29) is 23.7 Å². The lowest BCUT2D eigenvalue weighted by atomic mass is 9.67. The first-order chi connectivity index (χ1) is 9.63. The van der Waals surface area contributed by atoms with Gasteiger partial charge in [-0.2, -0.15) is 0 Å². The lowest BCUT2D eigenvalue weighted by Gasteiger charge is -2.36. The summed E-state index contributed by atoms with van der Waals surface area (Å²) < 4.78 is 0.950. The van der Waals surface area contributed by atoms with Gasteiger partial charge in [0.25, 0.3) is 0 Å². The minimum absolute atomic E-state index is 0.0121. The van der Waals surface area contributed by atoms with Gasteiger partial charge in [0.1, 0.15) is 5.78 Å². The van der Waals surface area contributed by atoms with Gasteiger partial charge in [0.15, 0.2) is 0 Å². The summed E-state index contributed by atoms with van der Waals surface area (Å²) in [5.41, 5.74) is 0.812. The van der Waals surface area contributed by atoms with Crippen molar-refractivity contribution in [3.63, 3.8) is 0 Å². The van der Waals surface area contributed by atoms with Crippen LogP contribution >= 0.6 is 15.9 Å². The van der Waals surface area contributed by atoms with Crippen molar-refractivity contribution in [1.82, 2.24) is 0 Å². The van der Waals surface area contributed by atoms with E-state index in [1.807, 2.05) is 24.3 Å². The Morgan fingerprint density at radius 2 is 1.90 bits per heavy atom. The molecule has 0 unspecified atom stereocenters. The van der Waals surface area contributed by atoms with E-state index >= 15 is 0 Å². The number of hydrogen-bond acceptors (Lipinski definition) is 2. The number of amides is 1. The molecule has 0 spiro atoms. The van der Waals surface area contributed by atoms with Crippen LogP contribution in [0.25, 0.3) is 0 Å². The van der Waals surface area contributed by atoms with Crippen LogP contribution in [0.15, 0.2) is 28.7 Å². The van der Waals surface area contributed by atoms with E-state index in [9.17, 15) is 9.59 Å². The second-order valence-electron chi connectivity index (χ2n) is 5.90. The van der Waals surface area contributed by atoms with Crippen molar-refractivity contribution in [3.8, 4) is 0 Å². The molecule has 3 nitrogen and oxygen atoms in total. The summed E-state index contributed by atoms with van der Waals surface area (Å²) >= 11 is 3.40. The number of Topliss-reactive ketones (excluding diaryl/α,β-unsaturated/α-hetero) is 1. The first kappa shape index (κ1) is 13.8. The van der Waals surface area contributed by atoms with E-state index in [1.165, 1.54) is 0 Å². The summed E-state index contributed by atoms with van der Waals surface area (Å²) in [7, 11) is 0. The summed E-state index contributed by atoms with van der Waals surface area (Å²) in [5, 5.41) is 2.98. The molecule has 1 aromatic carbocycles. The average Bonchev–Trinajstić information content (AvgIpc) is 2.38. The van der Waals surface area contributed by atoms with Gasteiger partial charge in [-0.1, -0.05) is 28.4 Å². The van der Waals surface area contributed by atoms with Gasteiger partial charge in [-0.05, 0) is 43.9 Å². The predicted octanol–water partition coefficient (Wildman–Crippen LogP) is 3.78. The van der Waals surface area contributed by atoms with Crippen LogP contribution in [-0.4, -0.2) is 11.7 Å². The second-order valence-corrected chi connectivity index (χ2v) is 6.81. The highest BCUT2D eigenvalue weighted by atomic mass is 79.9. The molecule has 0 saturated heterocycles. The maximum atomic E-state index is 12.4. The molecule has 2 aliphatic carbocycles. The SMILES string of the molecule is O=C(Nc1cccc(Br)c1)C1C[C@@H]2CCC[C@@H](C1)C2=O. The van der Waals surface area contributed by atoms with Crippen LogP contribution in [0, 0.1) is 17.8 Å². The van der Waals surface area contributed by atoms with E-state index in [2.05, 4.69) is 21.2 Å². The number of rotatable bonds is 2. The molecule has 1 aromatic rings. The highest BCUT2D eigenvalue weighted by molar-refractivity contribution is 9.10. The van der Waals surface area contributed by atoms with Crippen molar-refractivity contribution in [2.24, 2.45) is 17.8 Å².